The number of aryl methyl sites for hydroxylation is 1. The predicted octanol–water partition coefficient (Wildman–Crippen LogP) is 4.72. The van der Waals surface area contributed by atoms with Crippen LogP contribution in [0.25, 0.3) is 10.2 Å². The summed E-state index contributed by atoms with van der Waals surface area (Å²) in [5, 5.41) is 3.62. The number of hydrogen-bond acceptors (Lipinski definition) is 7. The van der Waals surface area contributed by atoms with Crippen LogP contribution in [0.3, 0.4) is 0 Å². The number of nitrogens with zero attached hydrogens (tertiary/aromatic N) is 2. The SMILES string of the molecule is COc1cc2c(cc1OC)C(=O)C(CC1CCN(CC(=O)Nc3nc4ccc(C)cc4s3)CC1)C2. The lowest BCUT2D eigenvalue weighted by Gasteiger charge is -2.32. The quantitative estimate of drug-likeness (QED) is 0.513. The molecule has 2 aromatic carbocycles. The zero-order valence-electron chi connectivity index (χ0n) is 20.4. The molecular formula is C27H31N3O4S. The first kappa shape index (κ1) is 23.8. The molecule has 1 fully saturated rings. The first-order valence-electron chi connectivity index (χ1n) is 12.1. The van der Waals surface area contributed by atoms with Crippen LogP contribution in [-0.2, 0) is 11.2 Å². The topological polar surface area (TPSA) is 80.8 Å². The normalized spacial score (nSPS) is 18.6. The summed E-state index contributed by atoms with van der Waals surface area (Å²) in [6, 6.07) is 9.88. The van der Waals surface area contributed by atoms with E-state index in [0.717, 1.165) is 60.1 Å². The highest BCUT2D eigenvalue weighted by Crippen LogP contribution is 2.39. The Balaban J connectivity index is 1.11. The highest BCUT2D eigenvalue weighted by molar-refractivity contribution is 7.22. The number of ketones is 1. The third kappa shape index (κ3) is 5.04. The van der Waals surface area contributed by atoms with Crippen molar-refractivity contribution in [3.8, 4) is 11.5 Å². The van der Waals surface area contributed by atoms with Gasteiger partial charge in [-0.3, -0.25) is 14.5 Å². The number of amides is 1. The number of thiazole rings is 1. The van der Waals surface area contributed by atoms with Crippen molar-refractivity contribution in [3.63, 3.8) is 0 Å². The summed E-state index contributed by atoms with van der Waals surface area (Å²) in [5.74, 6) is 1.98. The molecular weight excluding hydrogens is 462 g/mol. The molecule has 0 bridgehead atoms. The molecule has 7 nitrogen and oxygen atoms in total. The minimum atomic E-state index is -0.0245. The average Bonchev–Trinajstić information content (AvgIpc) is 3.38. The number of anilines is 1. The highest BCUT2D eigenvalue weighted by Gasteiger charge is 2.34. The molecule has 1 aliphatic carbocycles. The summed E-state index contributed by atoms with van der Waals surface area (Å²) in [6.07, 6.45) is 3.66. The average molecular weight is 494 g/mol. The molecule has 0 radical (unpaired) electrons. The van der Waals surface area contributed by atoms with Crippen LogP contribution in [-0.4, -0.2) is 55.4 Å². The Bertz CT molecular complexity index is 1260. The van der Waals surface area contributed by atoms with Crippen molar-refractivity contribution in [3.05, 3.63) is 47.0 Å². The Morgan fingerprint density at radius 3 is 2.63 bits per heavy atom. The second-order valence-corrected chi connectivity index (χ2v) is 10.7. The largest absolute Gasteiger partial charge is 0.493 e. The van der Waals surface area contributed by atoms with E-state index in [4.69, 9.17) is 9.47 Å². The van der Waals surface area contributed by atoms with Gasteiger partial charge in [-0.05, 0) is 87.0 Å². The monoisotopic (exact) mass is 493 g/mol. The smallest absolute Gasteiger partial charge is 0.240 e. The van der Waals surface area contributed by atoms with E-state index in [0.29, 0.717) is 29.1 Å². The number of Topliss-reactive ketones (excluding diaryl/α,β-unsaturated/α-hetero) is 1. The Labute approximate surface area is 209 Å². The minimum Gasteiger partial charge on any atom is -0.493 e. The van der Waals surface area contributed by atoms with Crippen LogP contribution in [0.1, 0.15) is 40.7 Å². The van der Waals surface area contributed by atoms with Gasteiger partial charge in [-0.25, -0.2) is 4.98 Å². The number of aromatic nitrogens is 1. The Morgan fingerprint density at radius 2 is 1.89 bits per heavy atom. The third-order valence-corrected chi connectivity index (χ3v) is 8.13. The first-order chi connectivity index (χ1) is 16.9. The van der Waals surface area contributed by atoms with Gasteiger partial charge in [-0.2, -0.15) is 0 Å². The molecule has 1 amide bonds. The number of likely N-dealkylation sites (tertiary alicyclic amines) is 1. The van der Waals surface area contributed by atoms with Crippen LogP contribution in [0.4, 0.5) is 5.13 Å². The number of rotatable bonds is 7. The number of hydrogen-bond donors (Lipinski definition) is 1. The summed E-state index contributed by atoms with van der Waals surface area (Å²) >= 11 is 1.51. The Hall–Kier alpha value is -2.97. The molecule has 2 heterocycles. The van der Waals surface area contributed by atoms with Crippen LogP contribution in [0.15, 0.2) is 30.3 Å². The molecule has 1 atom stereocenters. The summed E-state index contributed by atoms with van der Waals surface area (Å²) in [7, 11) is 3.21. The fourth-order valence-electron chi connectivity index (χ4n) is 5.32. The number of nitrogens with one attached hydrogen (secondary N) is 1. The van der Waals surface area contributed by atoms with Gasteiger partial charge >= 0.3 is 0 Å². The molecule has 8 heteroatoms. The van der Waals surface area contributed by atoms with E-state index in [1.807, 2.05) is 24.3 Å². The molecule has 1 N–H and O–H groups in total. The van der Waals surface area contributed by atoms with Crippen molar-refractivity contribution in [1.82, 2.24) is 9.88 Å². The molecule has 1 aromatic heterocycles. The maximum absolute atomic E-state index is 13.0. The highest BCUT2D eigenvalue weighted by atomic mass is 32.1. The summed E-state index contributed by atoms with van der Waals surface area (Å²) in [6.45, 7) is 4.16. The third-order valence-electron chi connectivity index (χ3n) is 7.19. The summed E-state index contributed by atoms with van der Waals surface area (Å²) in [4.78, 5) is 32.4. The second-order valence-electron chi connectivity index (χ2n) is 9.62. The zero-order chi connectivity index (χ0) is 24.5. The van der Waals surface area contributed by atoms with Crippen molar-refractivity contribution in [2.45, 2.75) is 32.6 Å². The van der Waals surface area contributed by atoms with Gasteiger partial charge in [0.05, 0.1) is 31.0 Å². The summed E-state index contributed by atoms with van der Waals surface area (Å²) in [5.41, 5.74) is 3.92. The van der Waals surface area contributed by atoms with Crippen molar-refractivity contribution >= 4 is 38.4 Å². The first-order valence-corrected chi connectivity index (χ1v) is 12.9. The molecule has 0 saturated carbocycles. The van der Waals surface area contributed by atoms with E-state index in [2.05, 4.69) is 28.2 Å². The maximum atomic E-state index is 13.0. The van der Waals surface area contributed by atoms with E-state index in [1.54, 1.807) is 14.2 Å². The van der Waals surface area contributed by atoms with Gasteiger partial charge < -0.3 is 14.8 Å². The molecule has 184 valence electrons. The Morgan fingerprint density at radius 1 is 1.14 bits per heavy atom. The van der Waals surface area contributed by atoms with Crippen molar-refractivity contribution in [2.24, 2.45) is 11.8 Å². The fraction of sp³-hybridized carbons (Fsp3) is 0.444. The molecule has 35 heavy (non-hydrogen) atoms. The number of methoxy groups -OCH3 is 2. The molecule has 3 aromatic rings. The standard InChI is InChI=1S/C27H31N3O4S/c1-16-4-5-21-24(10-16)35-27(28-21)29-25(31)15-30-8-6-17(7-9-30)11-19-12-18-13-22(33-2)23(34-3)14-20(18)26(19)32/h4-5,10,13-14,17,19H,6-9,11-12,15H2,1-3H3,(H,28,29,31). The molecule has 5 rings (SSSR count). The second kappa shape index (κ2) is 9.95. The van der Waals surface area contributed by atoms with E-state index >= 15 is 0 Å². The van der Waals surface area contributed by atoms with Crippen LogP contribution in [0.2, 0.25) is 0 Å². The molecule has 1 aliphatic heterocycles. The lowest BCUT2D eigenvalue weighted by atomic mass is 9.85. The van der Waals surface area contributed by atoms with Crippen LogP contribution >= 0.6 is 11.3 Å². The number of carbonyl (C=O) groups excluding carboxylic acids is 2. The molecule has 0 spiro atoms. The van der Waals surface area contributed by atoms with E-state index < -0.39 is 0 Å². The van der Waals surface area contributed by atoms with E-state index in [-0.39, 0.29) is 17.6 Å². The number of fused-ring (bicyclic) bond motifs is 2. The van der Waals surface area contributed by atoms with Gasteiger partial charge in [0.2, 0.25) is 5.91 Å². The maximum Gasteiger partial charge on any atom is 0.240 e. The van der Waals surface area contributed by atoms with Gasteiger partial charge in [0.25, 0.3) is 0 Å². The molecule has 2 aliphatic rings. The van der Waals surface area contributed by atoms with Crippen LogP contribution in [0.5, 0.6) is 11.5 Å². The van der Waals surface area contributed by atoms with Crippen molar-refractivity contribution in [2.75, 3.05) is 39.2 Å². The van der Waals surface area contributed by atoms with E-state index in [9.17, 15) is 9.59 Å². The zero-order valence-corrected chi connectivity index (χ0v) is 21.2. The number of ether oxygens (including phenoxy) is 2. The summed E-state index contributed by atoms with van der Waals surface area (Å²) < 4.78 is 11.9. The van der Waals surface area contributed by atoms with Gasteiger partial charge in [-0.1, -0.05) is 17.4 Å². The van der Waals surface area contributed by atoms with Gasteiger partial charge in [0, 0.05) is 11.5 Å². The molecule has 1 unspecified atom stereocenters. The van der Waals surface area contributed by atoms with Crippen molar-refractivity contribution in [1.29, 1.82) is 0 Å². The lowest BCUT2D eigenvalue weighted by Crippen LogP contribution is -2.39. The van der Waals surface area contributed by atoms with Gasteiger partial charge in [0.1, 0.15) is 0 Å². The molecule has 1 saturated heterocycles. The van der Waals surface area contributed by atoms with Crippen LogP contribution in [0, 0.1) is 18.8 Å². The Kier molecular flexibility index (Phi) is 6.75. The van der Waals surface area contributed by atoms with Gasteiger partial charge in [0.15, 0.2) is 22.4 Å². The van der Waals surface area contributed by atoms with Gasteiger partial charge in [-0.15, -0.1) is 0 Å². The fourth-order valence-corrected chi connectivity index (χ4v) is 6.30. The number of piperidine rings is 1. The number of carbonyl (C=O) groups is 2. The number of benzene rings is 2. The van der Waals surface area contributed by atoms with E-state index in [1.165, 1.54) is 16.9 Å². The van der Waals surface area contributed by atoms with Crippen LogP contribution < -0.4 is 14.8 Å². The minimum absolute atomic E-state index is 0.0179. The van der Waals surface area contributed by atoms with Crippen molar-refractivity contribution < 1.29 is 19.1 Å². The lowest BCUT2D eigenvalue weighted by molar-refractivity contribution is -0.117. The predicted molar refractivity (Wildman–Crippen MR) is 138 cm³/mol.